The molecule has 1 heterocycles. The van der Waals surface area contributed by atoms with Crippen molar-refractivity contribution in [2.75, 3.05) is 6.54 Å². The molecule has 0 aliphatic heterocycles. The Labute approximate surface area is 126 Å². The Morgan fingerprint density at radius 1 is 1.26 bits per heavy atom. The first kappa shape index (κ1) is 14.5. The van der Waals surface area contributed by atoms with Gasteiger partial charge < -0.3 is 5.32 Å². The molecule has 19 heavy (non-hydrogen) atoms. The van der Waals surface area contributed by atoms with Crippen LogP contribution in [0, 0.1) is 0 Å². The quantitative estimate of drug-likeness (QED) is 0.816. The lowest BCUT2D eigenvalue weighted by molar-refractivity contribution is 0.719. The van der Waals surface area contributed by atoms with Gasteiger partial charge in [0.2, 0.25) is 0 Å². The maximum atomic E-state index is 4.39. The second-order valence-corrected chi connectivity index (χ2v) is 6.00. The van der Waals surface area contributed by atoms with Crippen molar-refractivity contribution in [2.24, 2.45) is 0 Å². The Balaban J connectivity index is 1.89. The summed E-state index contributed by atoms with van der Waals surface area (Å²) in [6.07, 6.45) is 3.79. The Bertz CT molecular complexity index is 516. The van der Waals surface area contributed by atoms with Crippen molar-refractivity contribution >= 4 is 27.7 Å². The number of benzene rings is 1. The van der Waals surface area contributed by atoms with E-state index in [1.165, 1.54) is 4.90 Å². The molecule has 0 atom stereocenters. The van der Waals surface area contributed by atoms with E-state index >= 15 is 0 Å². The largest absolute Gasteiger partial charge is 0.313 e. The number of aromatic nitrogens is 2. The summed E-state index contributed by atoms with van der Waals surface area (Å²) in [6, 6.07) is 8.25. The number of nitrogens with one attached hydrogen (secondary N) is 1. The van der Waals surface area contributed by atoms with Gasteiger partial charge in [-0.2, -0.15) is 0 Å². The number of halogens is 1. The van der Waals surface area contributed by atoms with E-state index < -0.39 is 0 Å². The minimum Gasteiger partial charge on any atom is -0.313 e. The van der Waals surface area contributed by atoms with Crippen molar-refractivity contribution < 1.29 is 0 Å². The predicted molar refractivity (Wildman–Crippen MR) is 83.1 cm³/mol. The zero-order chi connectivity index (χ0) is 13.5. The third-order valence-corrected chi connectivity index (χ3v) is 3.98. The molecule has 0 bridgehead atoms. The summed E-state index contributed by atoms with van der Waals surface area (Å²) >= 11 is 5.21. The Hall–Kier alpha value is -0.910. The number of nitrogens with zero attached hydrogens (tertiary/aromatic N) is 2. The molecule has 1 N–H and O–H groups in total. The van der Waals surface area contributed by atoms with Gasteiger partial charge in [-0.3, -0.25) is 0 Å². The van der Waals surface area contributed by atoms with Gasteiger partial charge in [-0.25, -0.2) is 9.97 Å². The van der Waals surface area contributed by atoms with Crippen molar-refractivity contribution in [1.29, 1.82) is 0 Å². The van der Waals surface area contributed by atoms with Crippen LogP contribution in [0.2, 0.25) is 0 Å². The Kier molecular flexibility index (Phi) is 5.82. The summed E-state index contributed by atoms with van der Waals surface area (Å²) in [5.74, 6) is 1.66. The molecule has 0 aliphatic carbocycles. The van der Waals surface area contributed by atoms with Crippen LogP contribution in [-0.4, -0.2) is 16.5 Å². The van der Waals surface area contributed by atoms with Crippen LogP contribution in [0.25, 0.3) is 0 Å². The van der Waals surface area contributed by atoms with Crippen molar-refractivity contribution in [3.8, 4) is 0 Å². The summed E-state index contributed by atoms with van der Waals surface area (Å²) in [7, 11) is 0. The standard InChI is InChI=1S/C14H16BrN3S/c1-2-16-7-11-8-17-14(18-9-11)10-19-13-5-3-4-12(15)6-13/h3-6,8-9,16H,2,7,10H2,1H3. The predicted octanol–water partition coefficient (Wildman–Crippen LogP) is 3.64. The van der Waals surface area contributed by atoms with Crippen LogP contribution in [-0.2, 0) is 12.3 Å². The Morgan fingerprint density at radius 2 is 2.05 bits per heavy atom. The third kappa shape index (κ3) is 4.93. The van der Waals surface area contributed by atoms with Crippen molar-refractivity contribution in [2.45, 2.75) is 24.1 Å². The van der Waals surface area contributed by atoms with Crippen LogP contribution in [0.3, 0.4) is 0 Å². The molecule has 5 heteroatoms. The van der Waals surface area contributed by atoms with Crippen LogP contribution in [0.1, 0.15) is 18.3 Å². The lowest BCUT2D eigenvalue weighted by atomic mass is 10.3. The Morgan fingerprint density at radius 3 is 2.74 bits per heavy atom. The molecule has 0 amide bonds. The molecular formula is C14H16BrN3S. The first-order chi connectivity index (χ1) is 9.28. The average Bonchev–Trinajstić information content (AvgIpc) is 2.44. The molecule has 0 radical (unpaired) electrons. The molecule has 0 unspecified atom stereocenters. The monoisotopic (exact) mass is 337 g/mol. The van der Waals surface area contributed by atoms with E-state index in [0.29, 0.717) is 0 Å². The van der Waals surface area contributed by atoms with Crippen LogP contribution in [0.4, 0.5) is 0 Å². The van der Waals surface area contributed by atoms with Crippen LogP contribution >= 0.6 is 27.7 Å². The minimum atomic E-state index is 0.790. The van der Waals surface area contributed by atoms with Gasteiger partial charge in [-0.05, 0) is 24.7 Å². The van der Waals surface area contributed by atoms with Crippen molar-refractivity contribution in [3.05, 3.63) is 52.5 Å². The van der Waals surface area contributed by atoms with E-state index in [0.717, 1.165) is 34.7 Å². The summed E-state index contributed by atoms with van der Waals surface area (Å²) in [5, 5.41) is 3.26. The zero-order valence-corrected chi connectivity index (χ0v) is 13.2. The number of rotatable bonds is 6. The van der Waals surface area contributed by atoms with Gasteiger partial charge in [0.1, 0.15) is 5.82 Å². The molecule has 1 aromatic carbocycles. The van der Waals surface area contributed by atoms with E-state index in [2.05, 4.69) is 50.3 Å². The van der Waals surface area contributed by atoms with Gasteiger partial charge in [0.25, 0.3) is 0 Å². The average molecular weight is 338 g/mol. The fraction of sp³-hybridized carbons (Fsp3) is 0.286. The van der Waals surface area contributed by atoms with Gasteiger partial charge in [-0.15, -0.1) is 11.8 Å². The van der Waals surface area contributed by atoms with Gasteiger partial charge in [0.05, 0.1) is 5.75 Å². The molecule has 1 aromatic heterocycles. The van der Waals surface area contributed by atoms with Gasteiger partial charge in [0, 0.05) is 33.9 Å². The number of hydrogen-bond acceptors (Lipinski definition) is 4. The van der Waals surface area contributed by atoms with Gasteiger partial charge in [0.15, 0.2) is 0 Å². The SMILES string of the molecule is CCNCc1cnc(CSc2cccc(Br)c2)nc1. The highest BCUT2D eigenvalue weighted by molar-refractivity contribution is 9.10. The lowest BCUT2D eigenvalue weighted by Crippen LogP contribution is -2.12. The number of hydrogen-bond donors (Lipinski definition) is 1. The summed E-state index contributed by atoms with van der Waals surface area (Å²) in [5.41, 5.74) is 1.12. The fourth-order valence-electron chi connectivity index (χ4n) is 1.52. The van der Waals surface area contributed by atoms with E-state index in [4.69, 9.17) is 0 Å². The second kappa shape index (κ2) is 7.62. The second-order valence-electron chi connectivity index (χ2n) is 4.03. The van der Waals surface area contributed by atoms with Gasteiger partial charge in [-0.1, -0.05) is 28.9 Å². The first-order valence-corrected chi connectivity index (χ1v) is 7.94. The molecule has 0 aliphatic rings. The molecule has 0 spiro atoms. The topological polar surface area (TPSA) is 37.8 Å². The van der Waals surface area contributed by atoms with Crippen LogP contribution < -0.4 is 5.32 Å². The fourth-order valence-corrected chi connectivity index (χ4v) is 2.90. The highest BCUT2D eigenvalue weighted by Gasteiger charge is 2.00. The molecule has 0 saturated carbocycles. The minimum absolute atomic E-state index is 0.790. The molecule has 100 valence electrons. The van der Waals surface area contributed by atoms with E-state index in [-0.39, 0.29) is 0 Å². The highest BCUT2D eigenvalue weighted by Crippen LogP contribution is 2.24. The summed E-state index contributed by atoms with van der Waals surface area (Å²) in [4.78, 5) is 9.99. The normalized spacial score (nSPS) is 10.6. The highest BCUT2D eigenvalue weighted by atomic mass is 79.9. The van der Waals surface area contributed by atoms with E-state index in [1.807, 2.05) is 24.5 Å². The first-order valence-electron chi connectivity index (χ1n) is 6.17. The van der Waals surface area contributed by atoms with Crippen LogP contribution in [0.5, 0.6) is 0 Å². The maximum Gasteiger partial charge on any atom is 0.138 e. The maximum absolute atomic E-state index is 4.39. The molecule has 2 rings (SSSR count). The number of thioether (sulfide) groups is 1. The van der Waals surface area contributed by atoms with E-state index in [9.17, 15) is 0 Å². The third-order valence-electron chi connectivity index (χ3n) is 2.50. The molecular weight excluding hydrogens is 322 g/mol. The van der Waals surface area contributed by atoms with Crippen molar-refractivity contribution in [3.63, 3.8) is 0 Å². The van der Waals surface area contributed by atoms with E-state index in [1.54, 1.807) is 11.8 Å². The lowest BCUT2D eigenvalue weighted by Gasteiger charge is -2.04. The smallest absolute Gasteiger partial charge is 0.138 e. The summed E-state index contributed by atoms with van der Waals surface area (Å²) in [6.45, 7) is 3.87. The van der Waals surface area contributed by atoms with Crippen molar-refractivity contribution in [1.82, 2.24) is 15.3 Å². The zero-order valence-electron chi connectivity index (χ0n) is 10.8. The molecule has 3 nitrogen and oxygen atoms in total. The molecule has 2 aromatic rings. The molecule has 0 saturated heterocycles. The molecule has 0 fully saturated rings. The van der Waals surface area contributed by atoms with Gasteiger partial charge >= 0.3 is 0 Å². The summed E-state index contributed by atoms with van der Waals surface area (Å²) < 4.78 is 1.10. The van der Waals surface area contributed by atoms with Crippen LogP contribution in [0.15, 0.2) is 46.0 Å².